The molecular formula is C13H27N3O3. The molecule has 0 saturated carbocycles. The summed E-state index contributed by atoms with van der Waals surface area (Å²) in [4.78, 5) is 22.5. The van der Waals surface area contributed by atoms with Crippen LogP contribution in [0.3, 0.4) is 0 Å². The Morgan fingerprint density at radius 2 is 1.53 bits per heavy atom. The molecule has 0 atom stereocenters. The van der Waals surface area contributed by atoms with Crippen molar-refractivity contribution in [3.63, 3.8) is 0 Å². The molecule has 2 amide bonds. The van der Waals surface area contributed by atoms with Crippen LogP contribution >= 0.6 is 0 Å². The maximum Gasteiger partial charge on any atom is 0.407 e. The molecule has 0 saturated heterocycles. The summed E-state index contributed by atoms with van der Waals surface area (Å²) < 4.78 is 5.09. The molecule has 0 aromatic heterocycles. The highest BCUT2D eigenvalue weighted by Crippen LogP contribution is 2.05. The Kier molecular flexibility index (Phi) is 8.14. The lowest BCUT2D eigenvalue weighted by Gasteiger charge is -2.19. The van der Waals surface area contributed by atoms with Crippen LogP contribution < -0.4 is 16.0 Å². The number of ether oxygens (including phenoxy) is 1. The minimum Gasteiger partial charge on any atom is -0.444 e. The van der Waals surface area contributed by atoms with E-state index in [1.54, 1.807) is 0 Å². The molecule has 0 fully saturated rings. The Bertz CT molecular complexity index is 285. The first-order chi connectivity index (χ1) is 8.72. The summed E-state index contributed by atoms with van der Waals surface area (Å²) in [6.07, 6.45) is -0.414. The second kappa shape index (κ2) is 8.74. The monoisotopic (exact) mass is 273 g/mol. The van der Waals surface area contributed by atoms with Crippen molar-refractivity contribution in [2.45, 2.75) is 40.2 Å². The molecule has 6 nitrogen and oxygen atoms in total. The fourth-order valence-electron chi connectivity index (χ4n) is 1.17. The van der Waals surface area contributed by atoms with Gasteiger partial charge in [0.2, 0.25) is 5.91 Å². The van der Waals surface area contributed by atoms with Gasteiger partial charge >= 0.3 is 6.09 Å². The van der Waals surface area contributed by atoms with Gasteiger partial charge in [0.1, 0.15) is 5.60 Å². The zero-order chi connectivity index (χ0) is 14.9. The van der Waals surface area contributed by atoms with Gasteiger partial charge < -0.3 is 20.7 Å². The van der Waals surface area contributed by atoms with Crippen molar-refractivity contribution in [1.82, 2.24) is 16.0 Å². The van der Waals surface area contributed by atoms with Crippen LogP contribution in [0.25, 0.3) is 0 Å². The Labute approximate surface area is 115 Å². The quantitative estimate of drug-likeness (QED) is 0.601. The molecule has 3 N–H and O–H groups in total. The van der Waals surface area contributed by atoms with Crippen LogP contribution in [0.4, 0.5) is 4.79 Å². The van der Waals surface area contributed by atoms with Crippen molar-refractivity contribution >= 4 is 12.0 Å². The van der Waals surface area contributed by atoms with Crippen molar-refractivity contribution in [3.05, 3.63) is 0 Å². The maximum atomic E-state index is 11.3. The molecule has 0 aromatic rings. The predicted molar refractivity (Wildman–Crippen MR) is 75.0 cm³/mol. The summed E-state index contributed by atoms with van der Waals surface area (Å²) in [5.41, 5.74) is -0.474. The smallest absolute Gasteiger partial charge is 0.407 e. The zero-order valence-electron chi connectivity index (χ0n) is 12.6. The standard InChI is InChI=1S/C13H27N3O3/c1-10(2)11(17)15-8-6-14-7-9-16-12(18)19-13(3,4)5/h10,14H,6-9H2,1-5H3,(H,15,17)(H,16,18). The third-order valence-corrected chi connectivity index (χ3v) is 2.10. The Morgan fingerprint density at radius 1 is 1.00 bits per heavy atom. The van der Waals surface area contributed by atoms with Crippen molar-refractivity contribution in [1.29, 1.82) is 0 Å². The Hall–Kier alpha value is -1.30. The van der Waals surface area contributed by atoms with Crippen LogP contribution in [-0.4, -0.2) is 43.8 Å². The van der Waals surface area contributed by atoms with Gasteiger partial charge in [-0.05, 0) is 20.8 Å². The number of carbonyl (C=O) groups is 2. The normalized spacial score (nSPS) is 11.3. The van der Waals surface area contributed by atoms with E-state index in [0.29, 0.717) is 26.2 Å². The fourth-order valence-corrected chi connectivity index (χ4v) is 1.17. The minimum atomic E-state index is -0.474. The first-order valence-electron chi connectivity index (χ1n) is 6.67. The van der Waals surface area contributed by atoms with Crippen LogP contribution in [-0.2, 0) is 9.53 Å². The lowest BCUT2D eigenvalue weighted by molar-refractivity contribution is -0.123. The van der Waals surface area contributed by atoms with Gasteiger partial charge in [0.05, 0.1) is 0 Å². The van der Waals surface area contributed by atoms with Gasteiger partial charge in [-0.25, -0.2) is 4.79 Å². The van der Waals surface area contributed by atoms with E-state index in [1.165, 1.54) is 0 Å². The molecule has 0 bridgehead atoms. The number of amides is 2. The molecule has 0 rings (SSSR count). The molecule has 0 unspecified atom stereocenters. The van der Waals surface area contributed by atoms with Crippen molar-refractivity contribution in [2.24, 2.45) is 5.92 Å². The molecule has 0 aromatic carbocycles. The van der Waals surface area contributed by atoms with Gasteiger partial charge in [0.25, 0.3) is 0 Å². The largest absolute Gasteiger partial charge is 0.444 e. The van der Waals surface area contributed by atoms with Gasteiger partial charge in [-0.2, -0.15) is 0 Å². The summed E-state index contributed by atoms with van der Waals surface area (Å²) in [6.45, 7) is 11.6. The average Bonchev–Trinajstić information content (AvgIpc) is 2.24. The highest BCUT2D eigenvalue weighted by Gasteiger charge is 2.15. The molecule has 112 valence electrons. The van der Waals surface area contributed by atoms with Gasteiger partial charge in [0.15, 0.2) is 0 Å². The van der Waals surface area contributed by atoms with E-state index >= 15 is 0 Å². The third kappa shape index (κ3) is 11.5. The highest BCUT2D eigenvalue weighted by atomic mass is 16.6. The second-order valence-electron chi connectivity index (χ2n) is 5.62. The minimum absolute atomic E-state index is 0.00818. The SMILES string of the molecule is CC(C)C(=O)NCCNCCNC(=O)OC(C)(C)C. The van der Waals surface area contributed by atoms with E-state index in [1.807, 2.05) is 34.6 Å². The molecule has 0 spiro atoms. The van der Waals surface area contributed by atoms with Crippen LogP contribution in [0, 0.1) is 5.92 Å². The molecule has 0 radical (unpaired) electrons. The lowest BCUT2D eigenvalue weighted by atomic mass is 10.2. The topological polar surface area (TPSA) is 79.5 Å². The van der Waals surface area contributed by atoms with E-state index in [2.05, 4.69) is 16.0 Å². The van der Waals surface area contributed by atoms with Crippen LogP contribution in [0.5, 0.6) is 0 Å². The Balaban J connectivity index is 3.41. The summed E-state index contributed by atoms with van der Waals surface area (Å²) in [5.74, 6) is 0.0579. The van der Waals surface area contributed by atoms with Crippen molar-refractivity contribution in [3.8, 4) is 0 Å². The third-order valence-electron chi connectivity index (χ3n) is 2.10. The molecule has 19 heavy (non-hydrogen) atoms. The molecule has 0 aliphatic heterocycles. The van der Waals surface area contributed by atoms with Gasteiger partial charge in [0, 0.05) is 32.1 Å². The fraction of sp³-hybridized carbons (Fsp3) is 0.846. The first kappa shape index (κ1) is 17.7. The lowest BCUT2D eigenvalue weighted by Crippen LogP contribution is -2.39. The van der Waals surface area contributed by atoms with E-state index in [4.69, 9.17) is 4.74 Å². The maximum absolute atomic E-state index is 11.3. The molecular weight excluding hydrogens is 246 g/mol. The molecule has 0 aliphatic rings. The van der Waals surface area contributed by atoms with Gasteiger partial charge in [-0.1, -0.05) is 13.8 Å². The number of alkyl carbamates (subject to hydrolysis) is 1. The number of nitrogens with one attached hydrogen (secondary N) is 3. The number of hydrogen-bond acceptors (Lipinski definition) is 4. The van der Waals surface area contributed by atoms with Crippen molar-refractivity contribution < 1.29 is 14.3 Å². The van der Waals surface area contributed by atoms with Crippen molar-refractivity contribution in [2.75, 3.05) is 26.2 Å². The second-order valence-corrected chi connectivity index (χ2v) is 5.62. The summed E-state index contributed by atoms with van der Waals surface area (Å²) in [7, 11) is 0. The molecule has 6 heteroatoms. The molecule has 0 aliphatic carbocycles. The van der Waals surface area contributed by atoms with Gasteiger partial charge in [-0.15, -0.1) is 0 Å². The summed E-state index contributed by atoms with van der Waals surface area (Å²) in [6, 6.07) is 0. The van der Waals surface area contributed by atoms with E-state index < -0.39 is 11.7 Å². The van der Waals surface area contributed by atoms with E-state index in [9.17, 15) is 9.59 Å². The number of carbonyl (C=O) groups excluding carboxylic acids is 2. The number of rotatable bonds is 7. The van der Waals surface area contributed by atoms with E-state index in [-0.39, 0.29) is 11.8 Å². The first-order valence-corrected chi connectivity index (χ1v) is 6.67. The van der Waals surface area contributed by atoms with E-state index in [0.717, 1.165) is 0 Å². The highest BCUT2D eigenvalue weighted by molar-refractivity contribution is 5.77. The predicted octanol–water partition coefficient (Wildman–Crippen LogP) is 0.873. The summed E-state index contributed by atoms with van der Waals surface area (Å²) in [5, 5.41) is 8.56. The Morgan fingerprint density at radius 3 is 2.00 bits per heavy atom. The number of hydrogen-bond donors (Lipinski definition) is 3. The summed E-state index contributed by atoms with van der Waals surface area (Å²) >= 11 is 0. The van der Waals surface area contributed by atoms with Crippen LogP contribution in [0.2, 0.25) is 0 Å². The van der Waals surface area contributed by atoms with Crippen LogP contribution in [0.15, 0.2) is 0 Å². The zero-order valence-corrected chi connectivity index (χ0v) is 12.6. The van der Waals surface area contributed by atoms with Crippen LogP contribution in [0.1, 0.15) is 34.6 Å². The average molecular weight is 273 g/mol. The van der Waals surface area contributed by atoms with Gasteiger partial charge in [-0.3, -0.25) is 4.79 Å². The molecule has 0 heterocycles.